The number of hydrogen-bond acceptors (Lipinski definition) is 3. The minimum absolute atomic E-state index is 0.214. The standard InChI is InChI=1S/C14H19N3/c1-17(13-8-10-16-11-13)14(7-9-15)12-5-3-2-4-6-12/h2-6,13-14,16H,7-8,10-11H2,1H3. The van der Waals surface area contributed by atoms with Crippen LogP contribution in [-0.2, 0) is 0 Å². The van der Waals surface area contributed by atoms with Crippen LogP contribution in [0, 0.1) is 11.3 Å². The molecule has 1 N–H and O–H groups in total. The van der Waals surface area contributed by atoms with Gasteiger partial charge >= 0.3 is 0 Å². The molecule has 2 unspecified atom stereocenters. The first-order valence-corrected chi connectivity index (χ1v) is 6.17. The number of benzene rings is 1. The van der Waals surface area contributed by atoms with Crippen molar-refractivity contribution < 1.29 is 0 Å². The highest BCUT2D eigenvalue weighted by molar-refractivity contribution is 5.20. The van der Waals surface area contributed by atoms with Gasteiger partial charge in [-0.05, 0) is 25.6 Å². The van der Waals surface area contributed by atoms with Crippen LogP contribution in [0.15, 0.2) is 30.3 Å². The molecule has 3 nitrogen and oxygen atoms in total. The zero-order valence-electron chi connectivity index (χ0n) is 10.3. The van der Waals surface area contributed by atoms with Gasteiger partial charge in [0.15, 0.2) is 0 Å². The molecule has 1 heterocycles. The van der Waals surface area contributed by atoms with Gasteiger partial charge in [0, 0.05) is 18.6 Å². The lowest BCUT2D eigenvalue weighted by Gasteiger charge is -2.31. The van der Waals surface area contributed by atoms with Crippen LogP contribution in [0.2, 0.25) is 0 Å². The normalized spacial score (nSPS) is 21.4. The fourth-order valence-corrected chi connectivity index (χ4v) is 2.50. The Hall–Kier alpha value is -1.37. The Kier molecular flexibility index (Phi) is 4.13. The largest absolute Gasteiger partial charge is 0.315 e. The van der Waals surface area contributed by atoms with Crippen LogP contribution in [0.3, 0.4) is 0 Å². The number of likely N-dealkylation sites (N-methyl/N-ethyl adjacent to an activating group) is 1. The Morgan fingerprint density at radius 2 is 2.24 bits per heavy atom. The molecule has 1 aliphatic heterocycles. The SMILES string of the molecule is CN(C1CCNC1)C(CC#N)c1ccccc1. The van der Waals surface area contributed by atoms with Crippen molar-refractivity contribution >= 4 is 0 Å². The Bertz CT molecular complexity index is 376. The molecule has 0 radical (unpaired) electrons. The summed E-state index contributed by atoms with van der Waals surface area (Å²) >= 11 is 0. The van der Waals surface area contributed by atoms with Gasteiger partial charge in [-0.2, -0.15) is 5.26 Å². The summed E-state index contributed by atoms with van der Waals surface area (Å²) in [7, 11) is 2.13. The number of rotatable bonds is 4. The van der Waals surface area contributed by atoms with Crippen molar-refractivity contribution in [3.63, 3.8) is 0 Å². The van der Waals surface area contributed by atoms with Crippen LogP contribution in [0.4, 0.5) is 0 Å². The summed E-state index contributed by atoms with van der Waals surface area (Å²) in [4.78, 5) is 2.35. The molecule has 0 amide bonds. The first kappa shape index (κ1) is 12.1. The summed E-state index contributed by atoms with van der Waals surface area (Å²) in [5.41, 5.74) is 1.24. The molecule has 1 aromatic rings. The summed E-state index contributed by atoms with van der Waals surface area (Å²) in [6, 6.07) is 13.4. The zero-order chi connectivity index (χ0) is 12.1. The second-order valence-electron chi connectivity index (χ2n) is 4.60. The molecule has 1 fully saturated rings. The molecule has 0 bridgehead atoms. The summed E-state index contributed by atoms with van der Waals surface area (Å²) in [6.07, 6.45) is 1.72. The lowest BCUT2D eigenvalue weighted by Crippen LogP contribution is -2.36. The third-order valence-corrected chi connectivity index (χ3v) is 3.57. The molecule has 0 aromatic heterocycles. The van der Waals surface area contributed by atoms with E-state index >= 15 is 0 Å². The maximum absolute atomic E-state index is 9.00. The van der Waals surface area contributed by atoms with E-state index in [1.807, 2.05) is 18.2 Å². The smallest absolute Gasteiger partial charge is 0.0641 e. The van der Waals surface area contributed by atoms with Gasteiger partial charge in [-0.1, -0.05) is 30.3 Å². The average molecular weight is 229 g/mol. The van der Waals surface area contributed by atoms with E-state index < -0.39 is 0 Å². The van der Waals surface area contributed by atoms with E-state index in [1.54, 1.807) is 0 Å². The van der Waals surface area contributed by atoms with Gasteiger partial charge < -0.3 is 5.32 Å². The molecule has 1 aliphatic rings. The highest BCUT2D eigenvalue weighted by Crippen LogP contribution is 2.26. The molecule has 1 aromatic carbocycles. The molecular formula is C14H19N3. The summed E-state index contributed by atoms with van der Waals surface area (Å²) < 4.78 is 0. The maximum Gasteiger partial charge on any atom is 0.0641 e. The summed E-state index contributed by atoms with van der Waals surface area (Å²) in [5.74, 6) is 0. The number of nitrogens with zero attached hydrogens (tertiary/aromatic N) is 2. The Balaban J connectivity index is 2.14. The molecule has 0 aliphatic carbocycles. The molecule has 0 spiro atoms. The van der Waals surface area contributed by atoms with Crippen LogP contribution in [0.1, 0.15) is 24.4 Å². The van der Waals surface area contributed by atoms with E-state index in [1.165, 1.54) is 12.0 Å². The lowest BCUT2D eigenvalue weighted by atomic mass is 10.0. The number of nitriles is 1. The van der Waals surface area contributed by atoms with Gasteiger partial charge in [0.1, 0.15) is 0 Å². The van der Waals surface area contributed by atoms with Crippen LogP contribution in [0.5, 0.6) is 0 Å². The van der Waals surface area contributed by atoms with E-state index in [9.17, 15) is 0 Å². The van der Waals surface area contributed by atoms with Crippen molar-refractivity contribution in [2.24, 2.45) is 0 Å². The van der Waals surface area contributed by atoms with Crippen LogP contribution in [-0.4, -0.2) is 31.1 Å². The van der Waals surface area contributed by atoms with Gasteiger partial charge in [-0.15, -0.1) is 0 Å². The Labute approximate surface area is 103 Å². The van der Waals surface area contributed by atoms with Crippen molar-refractivity contribution in [3.05, 3.63) is 35.9 Å². The minimum Gasteiger partial charge on any atom is -0.315 e. The van der Waals surface area contributed by atoms with Gasteiger partial charge in [0.05, 0.1) is 12.5 Å². The molecule has 3 heteroatoms. The predicted octanol–water partition coefficient (Wildman–Crippen LogP) is 1.94. The average Bonchev–Trinajstić information content (AvgIpc) is 2.90. The molecule has 2 atom stereocenters. The minimum atomic E-state index is 0.214. The van der Waals surface area contributed by atoms with Gasteiger partial charge in [-0.3, -0.25) is 4.90 Å². The zero-order valence-corrected chi connectivity index (χ0v) is 10.3. The third-order valence-electron chi connectivity index (χ3n) is 3.57. The first-order chi connectivity index (χ1) is 8.33. The van der Waals surface area contributed by atoms with E-state index in [0.29, 0.717) is 12.5 Å². The van der Waals surface area contributed by atoms with E-state index in [4.69, 9.17) is 5.26 Å². The second-order valence-corrected chi connectivity index (χ2v) is 4.60. The summed E-state index contributed by atoms with van der Waals surface area (Å²) in [6.45, 7) is 2.12. The quantitative estimate of drug-likeness (QED) is 0.857. The van der Waals surface area contributed by atoms with E-state index in [0.717, 1.165) is 13.1 Å². The van der Waals surface area contributed by atoms with Crippen molar-refractivity contribution in [2.45, 2.75) is 24.9 Å². The van der Waals surface area contributed by atoms with Gasteiger partial charge in [0.2, 0.25) is 0 Å². The highest BCUT2D eigenvalue weighted by Gasteiger charge is 2.26. The number of hydrogen-bond donors (Lipinski definition) is 1. The van der Waals surface area contributed by atoms with Crippen molar-refractivity contribution in [2.75, 3.05) is 20.1 Å². The van der Waals surface area contributed by atoms with Gasteiger partial charge in [0.25, 0.3) is 0 Å². The van der Waals surface area contributed by atoms with Crippen molar-refractivity contribution in [1.82, 2.24) is 10.2 Å². The fourth-order valence-electron chi connectivity index (χ4n) is 2.50. The molecular weight excluding hydrogens is 210 g/mol. The maximum atomic E-state index is 9.00. The van der Waals surface area contributed by atoms with Crippen LogP contribution >= 0.6 is 0 Å². The van der Waals surface area contributed by atoms with Crippen molar-refractivity contribution in [3.8, 4) is 6.07 Å². The monoisotopic (exact) mass is 229 g/mol. The predicted molar refractivity (Wildman–Crippen MR) is 68.5 cm³/mol. The molecule has 2 rings (SSSR count). The highest BCUT2D eigenvalue weighted by atomic mass is 15.2. The van der Waals surface area contributed by atoms with Gasteiger partial charge in [-0.25, -0.2) is 0 Å². The number of nitrogens with one attached hydrogen (secondary N) is 1. The topological polar surface area (TPSA) is 39.1 Å². The van der Waals surface area contributed by atoms with Crippen molar-refractivity contribution in [1.29, 1.82) is 5.26 Å². The Morgan fingerprint density at radius 3 is 2.82 bits per heavy atom. The molecule has 17 heavy (non-hydrogen) atoms. The molecule has 1 saturated heterocycles. The fraction of sp³-hybridized carbons (Fsp3) is 0.500. The molecule has 90 valence electrons. The second kappa shape index (κ2) is 5.81. The third kappa shape index (κ3) is 2.85. The Morgan fingerprint density at radius 1 is 1.47 bits per heavy atom. The lowest BCUT2D eigenvalue weighted by molar-refractivity contribution is 0.186. The van der Waals surface area contributed by atoms with Crippen LogP contribution < -0.4 is 5.32 Å². The first-order valence-electron chi connectivity index (χ1n) is 6.17. The molecule has 0 saturated carbocycles. The summed E-state index contributed by atoms with van der Waals surface area (Å²) in [5, 5.41) is 12.4. The van der Waals surface area contributed by atoms with Crippen LogP contribution in [0.25, 0.3) is 0 Å². The van der Waals surface area contributed by atoms with E-state index in [-0.39, 0.29) is 6.04 Å². The van der Waals surface area contributed by atoms with E-state index in [2.05, 4.69) is 35.5 Å².